The average Bonchev–Trinajstić information content (AvgIpc) is 2.40. The molecule has 0 aromatic heterocycles. The Morgan fingerprint density at radius 2 is 1.81 bits per heavy atom. The quantitative estimate of drug-likeness (QED) is 0.791. The summed E-state index contributed by atoms with van der Waals surface area (Å²) in [6.07, 6.45) is 1.18. The number of nitrogens with two attached hydrogens (primary N) is 1. The van der Waals surface area contributed by atoms with Crippen LogP contribution in [0.3, 0.4) is 0 Å². The summed E-state index contributed by atoms with van der Waals surface area (Å²) in [5, 5.41) is 3.18. The molecule has 0 aliphatic carbocycles. The number of hydrogen-bond donors (Lipinski definition) is 2. The largest absolute Gasteiger partial charge is 0.389 e. The van der Waals surface area contributed by atoms with Crippen LogP contribution >= 0.6 is 28.1 Å². The van der Waals surface area contributed by atoms with Crippen molar-refractivity contribution in [1.82, 2.24) is 0 Å². The van der Waals surface area contributed by atoms with E-state index >= 15 is 0 Å². The smallest absolute Gasteiger partial charge is 0.175 e. The van der Waals surface area contributed by atoms with Crippen molar-refractivity contribution < 1.29 is 8.42 Å². The Bertz CT molecular complexity index is 787. The second-order valence-electron chi connectivity index (χ2n) is 4.48. The molecule has 110 valence electrons. The predicted molar refractivity (Wildman–Crippen MR) is 92.9 cm³/mol. The monoisotopic (exact) mass is 384 g/mol. The molecular weight excluding hydrogens is 372 g/mol. The fraction of sp³-hybridized carbons (Fsp3) is 0.0714. The summed E-state index contributed by atoms with van der Waals surface area (Å²) in [6.45, 7) is 0. The number of rotatable bonds is 4. The Morgan fingerprint density at radius 1 is 1.19 bits per heavy atom. The summed E-state index contributed by atoms with van der Waals surface area (Å²) in [4.78, 5) is 0.560. The number of hydrogen-bond acceptors (Lipinski definition) is 4. The summed E-state index contributed by atoms with van der Waals surface area (Å²) >= 11 is 8.40. The van der Waals surface area contributed by atoms with Gasteiger partial charge in [-0.2, -0.15) is 0 Å². The highest BCUT2D eigenvalue weighted by atomic mass is 79.9. The number of anilines is 2. The lowest BCUT2D eigenvalue weighted by molar-refractivity contribution is 0.602. The molecule has 0 amide bonds. The van der Waals surface area contributed by atoms with Crippen LogP contribution in [0.4, 0.5) is 11.4 Å². The van der Waals surface area contributed by atoms with Crippen LogP contribution in [-0.4, -0.2) is 19.7 Å². The van der Waals surface area contributed by atoms with E-state index in [1.165, 1.54) is 6.26 Å². The lowest BCUT2D eigenvalue weighted by Gasteiger charge is -2.12. The van der Waals surface area contributed by atoms with Gasteiger partial charge in [-0.15, -0.1) is 0 Å². The maximum Gasteiger partial charge on any atom is 0.175 e. The summed E-state index contributed by atoms with van der Waals surface area (Å²) in [7, 11) is -3.19. The highest BCUT2D eigenvalue weighted by Crippen LogP contribution is 2.25. The van der Waals surface area contributed by atoms with Gasteiger partial charge in [0, 0.05) is 27.7 Å². The zero-order valence-electron chi connectivity index (χ0n) is 11.1. The van der Waals surface area contributed by atoms with Crippen LogP contribution in [0.15, 0.2) is 51.8 Å². The van der Waals surface area contributed by atoms with E-state index in [0.29, 0.717) is 5.56 Å². The number of benzene rings is 2. The van der Waals surface area contributed by atoms with Gasteiger partial charge in [-0.1, -0.05) is 28.1 Å². The van der Waals surface area contributed by atoms with Gasteiger partial charge < -0.3 is 11.1 Å². The first-order chi connectivity index (χ1) is 9.77. The third-order valence-electron chi connectivity index (χ3n) is 2.81. The normalized spacial score (nSPS) is 11.1. The van der Waals surface area contributed by atoms with Crippen LogP contribution < -0.4 is 11.1 Å². The summed E-state index contributed by atoms with van der Waals surface area (Å²) < 4.78 is 23.7. The maximum absolute atomic E-state index is 11.4. The molecule has 0 spiro atoms. The molecule has 0 fully saturated rings. The molecule has 7 heteroatoms. The molecule has 2 aromatic rings. The molecule has 21 heavy (non-hydrogen) atoms. The first-order valence-corrected chi connectivity index (χ1v) is 9.03. The lowest BCUT2D eigenvalue weighted by Crippen LogP contribution is -2.12. The van der Waals surface area contributed by atoms with Crippen molar-refractivity contribution in [2.75, 3.05) is 11.6 Å². The van der Waals surface area contributed by atoms with E-state index in [0.717, 1.165) is 15.8 Å². The SMILES string of the molecule is CS(=O)(=O)c1ccc(Nc2ccc(Br)cc2C(N)=S)cc1. The van der Waals surface area contributed by atoms with Gasteiger partial charge in [0.15, 0.2) is 9.84 Å². The summed E-state index contributed by atoms with van der Waals surface area (Å²) in [6, 6.07) is 12.0. The van der Waals surface area contributed by atoms with Crippen molar-refractivity contribution >= 4 is 54.3 Å². The van der Waals surface area contributed by atoms with Crippen LogP contribution in [0.25, 0.3) is 0 Å². The van der Waals surface area contributed by atoms with Gasteiger partial charge in [0.1, 0.15) is 4.99 Å². The molecule has 0 saturated carbocycles. The van der Waals surface area contributed by atoms with Crippen LogP contribution in [0.5, 0.6) is 0 Å². The molecule has 0 unspecified atom stereocenters. The molecule has 0 atom stereocenters. The Balaban J connectivity index is 2.33. The molecular formula is C14H13BrN2O2S2. The van der Waals surface area contributed by atoms with Crippen molar-refractivity contribution in [3.63, 3.8) is 0 Å². The minimum atomic E-state index is -3.19. The van der Waals surface area contributed by atoms with E-state index in [1.54, 1.807) is 24.3 Å². The molecule has 0 bridgehead atoms. The van der Waals surface area contributed by atoms with E-state index in [1.807, 2.05) is 18.2 Å². The number of thiocarbonyl (C=S) groups is 1. The molecule has 0 aliphatic heterocycles. The molecule has 0 aliphatic rings. The Kier molecular flexibility index (Phi) is 4.65. The zero-order valence-corrected chi connectivity index (χ0v) is 14.3. The average molecular weight is 385 g/mol. The van der Waals surface area contributed by atoms with Crippen molar-refractivity contribution in [3.05, 3.63) is 52.5 Å². The van der Waals surface area contributed by atoms with E-state index in [-0.39, 0.29) is 9.88 Å². The second-order valence-corrected chi connectivity index (χ2v) is 7.85. The molecule has 2 aromatic carbocycles. The summed E-state index contributed by atoms with van der Waals surface area (Å²) in [5.74, 6) is 0. The van der Waals surface area contributed by atoms with Crippen molar-refractivity contribution in [2.24, 2.45) is 5.73 Å². The Labute approximate surface area is 137 Å². The van der Waals surface area contributed by atoms with Gasteiger partial charge in [0.2, 0.25) is 0 Å². The highest BCUT2D eigenvalue weighted by molar-refractivity contribution is 9.10. The number of sulfone groups is 1. The summed E-state index contributed by atoms with van der Waals surface area (Å²) in [5.41, 5.74) is 7.94. The molecule has 0 heterocycles. The molecule has 0 radical (unpaired) electrons. The van der Waals surface area contributed by atoms with Gasteiger partial charge in [0.25, 0.3) is 0 Å². The van der Waals surface area contributed by atoms with Gasteiger partial charge in [-0.3, -0.25) is 0 Å². The topological polar surface area (TPSA) is 72.2 Å². The standard InChI is InChI=1S/C14H13BrN2O2S2/c1-21(18,19)11-5-3-10(4-6-11)17-13-7-2-9(15)8-12(13)14(16)20/h2-8,17H,1H3,(H2,16,20). The highest BCUT2D eigenvalue weighted by Gasteiger charge is 2.09. The minimum Gasteiger partial charge on any atom is -0.389 e. The van der Waals surface area contributed by atoms with Crippen LogP contribution in [0.2, 0.25) is 0 Å². The second kappa shape index (κ2) is 6.13. The predicted octanol–water partition coefficient (Wildman–Crippen LogP) is 3.23. The minimum absolute atomic E-state index is 0.276. The Hall–Kier alpha value is -1.44. The maximum atomic E-state index is 11.4. The van der Waals surface area contributed by atoms with Gasteiger partial charge in [0.05, 0.1) is 4.90 Å². The van der Waals surface area contributed by atoms with Crippen molar-refractivity contribution in [1.29, 1.82) is 0 Å². The van der Waals surface area contributed by atoms with Crippen LogP contribution in [0, 0.1) is 0 Å². The van der Waals surface area contributed by atoms with Crippen LogP contribution in [-0.2, 0) is 9.84 Å². The third-order valence-corrected chi connectivity index (χ3v) is 4.65. The molecule has 2 rings (SSSR count). The van der Waals surface area contributed by atoms with E-state index in [4.69, 9.17) is 18.0 Å². The lowest BCUT2D eigenvalue weighted by atomic mass is 10.1. The number of halogens is 1. The Morgan fingerprint density at radius 3 is 2.33 bits per heavy atom. The fourth-order valence-electron chi connectivity index (χ4n) is 1.77. The first kappa shape index (κ1) is 15.9. The third kappa shape index (κ3) is 4.03. The first-order valence-electron chi connectivity index (χ1n) is 5.94. The molecule has 4 nitrogen and oxygen atoms in total. The van der Waals surface area contributed by atoms with Crippen molar-refractivity contribution in [2.45, 2.75) is 4.90 Å². The number of nitrogens with one attached hydrogen (secondary N) is 1. The van der Waals surface area contributed by atoms with E-state index < -0.39 is 9.84 Å². The molecule has 0 saturated heterocycles. The fourth-order valence-corrected chi connectivity index (χ4v) is 2.93. The van der Waals surface area contributed by atoms with Gasteiger partial charge in [-0.25, -0.2) is 8.42 Å². The zero-order chi connectivity index (χ0) is 15.6. The van der Waals surface area contributed by atoms with E-state index in [2.05, 4.69) is 21.2 Å². The van der Waals surface area contributed by atoms with Gasteiger partial charge >= 0.3 is 0 Å². The van der Waals surface area contributed by atoms with E-state index in [9.17, 15) is 8.42 Å². The van der Waals surface area contributed by atoms with Gasteiger partial charge in [-0.05, 0) is 42.5 Å². The van der Waals surface area contributed by atoms with Crippen molar-refractivity contribution in [3.8, 4) is 0 Å². The van der Waals surface area contributed by atoms with Crippen LogP contribution in [0.1, 0.15) is 5.56 Å². The molecule has 3 N–H and O–H groups in total.